The monoisotopic (exact) mass is 388 g/mol. The Morgan fingerprint density at radius 1 is 1.31 bits per heavy atom. The van der Waals surface area contributed by atoms with Gasteiger partial charge in [0, 0.05) is 18.7 Å². The Morgan fingerprint density at radius 2 is 1.88 bits per heavy atom. The summed E-state index contributed by atoms with van der Waals surface area (Å²) >= 11 is 0.995. The molecule has 1 saturated heterocycles. The van der Waals surface area contributed by atoms with Crippen LogP contribution in [-0.4, -0.2) is 57.7 Å². The van der Waals surface area contributed by atoms with Crippen molar-refractivity contribution in [2.24, 2.45) is 11.8 Å². The van der Waals surface area contributed by atoms with Crippen LogP contribution in [0.25, 0.3) is 0 Å². The highest BCUT2D eigenvalue weighted by molar-refractivity contribution is 8.13. The molecule has 5 atom stereocenters. The van der Waals surface area contributed by atoms with Gasteiger partial charge in [0.25, 0.3) is 0 Å². The number of carbonyl (C=O) groups excluding carboxylic acids is 3. The van der Waals surface area contributed by atoms with E-state index in [0.717, 1.165) is 11.8 Å². The predicted octanol–water partition coefficient (Wildman–Crippen LogP) is 1.09. The number of hydrogen-bond donors (Lipinski definition) is 3. The number of aliphatic hydroxyl groups excluding tert-OH is 1. The highest BCUT2D eigenvalue weighted by Gasteiger charge is 2.61. The molecule has 0 aromatic carbocycles. The van der Waals surface area contributed by atoms with Gasteiger partial charge in [-0.2, -0.15) is 0 Å². The Morgan fingerprint density at radius 3 is 2.35 bits per heavy atom. The number of rotatable bonds is 8. The summed E-state index contributed by atoms with van der Waals surface area (Å²) in [5.74, 6) is -0.950. The second kappa shape index (κ2) is 9.19. The fraction of sp³-hybridized carbons (Fsp3) is 0.833. The number of aliphatic hydroxyl groups is 1. The van der Waals surface area contributed by atoms with E-state index >= 15 is 0 Å². The topological polar surface area (TPSA) is 105 Å². The maximum atomic E-state index is 13.2. The van der Waals surface area contributed by atoms with E-state index in [0.29, 0.717) is 5.75 Å². The number of nitrogens with one attached hydrogen (secondary N) is 2. The van der Waals surface area contributed by atoms with Crippen LogP contribution in [-0.2, 0) is 19.1 Å². The smallest absolute Gasteiger partial charge is 0.226 e. The van der Waals surface area contributed by atoms with Crippen molar-refractivity contribution in [1.29, 1.82) is 0 Å². The average molecular weight is 389 g/mol. The van der Waals surface area contributed by atoms with Gasteiger partial charge in [0.15, 0.2) is 5.54 Å². The molecule has 1 fully saturated rings. The fourth-order valence-electron chi connectivity index (χ4n) is 3.20. The molecule has 0 aliphatic carbocycles. The molecule has 0 bridgehead atoms. The number of hydrogen-bond acceptors (Lipinski definition) is 6. The van der Waals surface area contributed by atoms with E-state index in [2.05, 4.69) is 10.6 Å². The highest BCUT2D eigenvalue weighted by Crippen LogP contribution is 2.38. The molecule has 0 radical (unpaired) electrons. The van der Waals surface area contributed by atoms with Crippen molar-refractivity contribution in [2.75, 3.05) is 5.75 Å². The van der Waals surface area contributed by atoms with Gasteiger partial charge in [0.2, 0.25) is 16.9 Å². The zero-order chi connectivity index (χ0) is 20.2. The SMILES string of the molecule is CC(=O)N[C@H](C)CSC(=O)[C@]1([C@@H](O)C(C)C)NC(=O)[C@H](C)[C@@H]1OC(C)C. The molecule has 1 heterocycles. The summed E-state index contributed by atoms with van der Waals surface area (Å²) in [6.07, 6.45) is -2.05. The van der Waals surface area contributed by atoms with Crippen molar-refractivity contribution < 1.29 is 24.2 Å². The van der Waals surface area contributed by atoms with Crippen molar-refractivity contribution in [2.45, 2.75) is 78.4 Å². The first-order chi connectivity index (χ1) is 11.9. The molecule has 26 heavy (non-hydrogen) atoms. The maximum Gasteiger partial charge on any atom is 0.226 e. The molecule has 8 heteroatoms. The van der Waals surface area contributed by atoms with Crippen LogP contribution in [0.15, 0.2) is 0 Å². The van der Waals surface area contributed by atoms with Crippen LogP contribution in [0.5, 0.6) is 0 Å². The van der Waals surface area contributed by atoms with E-state index in [9.17, 15) is 19.5 Å². The average Bonchev–Trinajstić information content (AvgIpc) is 2.76. The molecular weight excluding hydrogens is 356 g/mol. The summed E-state index contributed by atoms with van der Waals surface area (Å²) in [7, 11) is 0. The third-order valence-electron chi connectivity index (χ3n) is 4.42. The molecule has 0 aromatic rings. The van der Waals surface area contributed by atoms with E-state index < -0.39 is 23.7 Å². The van der Waals surface area contributed by atoms with E-state index in [1.807, 2.05) is 13.8 Å². The van der Waals surface area contributed by atoms with Gasteiger partial charge >= 0.3 is 0 Å². The first-order valence-electron chi connectivity index (χ1n) is 9.03. The van der Waals surface area contributed by atoms with Crippen LogP contribution < -0.4 is 10.6 Å². The molecular formula is C18H32N2O5S. The lowest BCUT2D eigenvalue weighted by Gasteiger charge is -2.40. The normalized spacial score (nSPS) is 28.2. The molecule has 1 aliphatic rings. The van der Waals surface area contributed by atoms with Crippen LogP contribution in [0.4, 0.5) is 0 Å². The van der Waals surface area contributed by atoms with Gasteiger partial charge in [-0.3, -0.25) is 14.4 Å². The van der Waals surface area contributed by atoms with E-state index in [1.54, 1.807) is 27.7 Å². The Bertz CT molecular complexity index is 540. The van der Waals surface area contributed by atoms with Crippen molar-refractivity contribution in [3.05, 3.63) is 0 Å². The van der Waals surface area contributed by atoms with Crippen molar-refractivity contribution in [1.82, 2.24) is 10.6 Å². The zero-order valence-electron chi connectivity index (χ0n) is 16.7. The zero-order valence-corrected chi connectivity index (χ0v) is 17.5. The van der Waals surface area contributed by atoms with Crippen molar-refractivity contribution in [3.63, 3.8) is 0 Å². The molecule has 0 saturated carbocycles. The summed E-state index contributed by atoms with van der Waals surface area (Å²) in [4.78, 5) is 36.7. The summed E-state index contributed by atoms with van der Waals surface area (Å²) in [6, 6.07) is -0.214. The first-order valence-corrected chi connectivity index (χ1v) is 10.0. The number of ether oxygens (including phenoxy) is 1. The van der Waals surface area contributed by atoms with Crippen LogP contribution in [0.3, 0.4) is 0 Å². The Balaban J connectivity index is 3.15. The second-order valence-corrected chi connectivity index (χ2v) is 8.63. The minimum atomic E-state index is -1.50. The van der Waals surface area contributed by atoms with Crippen LogP contribution in [0.1, 0.15) is 48.5 Å². The Labute approximate surface area is 160 Å². The first kappa shape index (κ1) is 22.9. The van der Waals surface area contributed by atoms with Gasteiger partial charge in [-0.15, -0.1) is 0 Å². The van der Waals surface area contributed by atoms with Gasteiger partial charge in [0.05, 0.1) is 18.1 Å². The molecule has 1 aliphatic heterocycles. The Kier molecular flexibility index (Phi) is 8.10. The third kappa shape index (κ3) is 4.98. The lowest BCUT2D eigenvalue weighted by molar-refractivity contribution is -0.137. The van der Waals surface area contributed by atoms with Gasteiger partial charge in [-0.25, -0.2) is 0 Å². The quantitative estimate of drug-likeness (QED) is 0.575. The molecule has 3 N–H and O–H groups in total. The van der Waals surface area contributed by atoms with E-state index in [-0.39, 0.29) is 35.0 Å². The fourth-order valence-corrected chi connectivity index (χ4v) is 4.22. The van der Waals surface area contributed by atoms with Crippen LogP contribution in [0, 0.1) is 11.8 Å². The lowest BCUT2D eigenvalue weighted by Crippen LogP contribution is -2.65. The molecule has 7 nitrogen and oxygen atoms in total. The summed E-state index contributed by atoms with van der Waals surface area (Å²) in [5.41, 5.74) is -1.50. The summed E-state index contributed by atoms with van der Waals surface area (Å²) in [5, 5.41) is 16.0. The van der Waals surface area contributed by atoms with Gasteiger partial charge in [-0.1, -0.05) is 32.5 Å². The van der Waals surface area contributed by atoms with Gasteiger partial charge in [0.1, 0.15) is 6.10 Å². The predicted molar refractivity (Wildman–Crippen MR) is 102 cm³/mol. The number of carbonyl (C=O) groups is 3. The largest absolute Gasteiger partial charge is 0.390 e. The highest BCUT2D eigenvalue weighted by atomic mass is 32.2. The van der Waals surface area contributed by atoms with Crippen molar-refractivity contribution >= 4 is 28.7 Å². The third-order valence-corrected chi connectivity index (χ3v) is 5.68. The molecule has 1 rings (SSSR count). The second-order valence-electron chi connectivity index (χ2n) is 7.64. The van der Waals surface area contributed by atoms with Crippen LogP contribution >= 0.6 is 11.8 Å². The molecule has 0 aromatic heterocycles. The van der Waals surface area contributed by atoms with E-state index in [1.165, 1.54) is 6.92 Å². The van der Waals surface area contributed by atoms with Crippen LogP contribution in [0.2, 0.25) is 0 Å². The van der Waals surface area contributed by atoms with Gasteiger partial charge < -0.3 is 20.5 Å². The van der Waals surface area contributed by atoms with E-state index in [4.69, 9.17) is 4.74 Å². The number of thioether (sulfide) groups is 1. The summed E-state index contributed by atoms with van der Waals surface area (Å²) in [6.45, 7) is 12.2. The van der Waals surface area contributed by atoms with Gasteiger partial charge in [-0.05, 0) is 26.7 Å². The standard InChI is InChI=1S/C18H32N2O5S/c1-9(2)14(22)18(17(24)26-8-11(5)19-13(7)21)15(25-10(3)4)12(6)16(23)20-18/h9-12,14-15,22H,8H2,1-7H3,(H,19,21)(H,20,23)/t11-,12-,14+,15+,18-/m1/s1. The lowest BCUT2D eigenvalue weighted by atomic mass is 9.80. The number of amides is 2. The molecule has 0 spiro atoms. The Hall–Kier alpha value is -1.12. The maximum absolute atomic E-state index is 13.2. The minimum Gasteiger partial charge on any atom is -0.390 e. The molecule has 150 valence electrons. The molecule has 0 unspecified atom stereocenters. The molecule has 2 amide bonds. The summed E-state index contributed by atoms with van der Waals surface area (Å²) < 4.78 is 5.93. The minimum absolute atomic E-state index is 0.175. The van der Waals surface area contributed by atoms with Crippen molar-refractivity contribution in [3.8, 4) is 0 Å².